The van der Waals surface area contributed by atoms with Gasteiger partial charge in [0.2, 0.25) is 11.8 Å². The number of nitrogens with one attached hydrogen (secondary N) is 1. The molecule has 2 aliphatic rings. The van der Waals surface area contributed by atoms with Crippen molar-refractivity contribution in [2.24, 2.45) is 0 Å². The molecule has 2 fully saturated rings. The van der Waals surface area contributed by atoms with E-state index in [-0.39, 0.29) is 23.9 Å². The molecule has 1 N–H and O–H groups in total. The van der Waals surface area contributed by atoms with Crippen LogP contribution in [0.4, 0.5) is 0 Å². The highest BCUT2D eigenvalue weighted by molar-refractivity contribution is 5.98. The summed E-state index contributed by atoms with van der Waals surface area (Å²) < 4.78 is 0. The van der Waals surface area contributed by atoms with Crippen molar-refractivity contribution < 1.29 is 9.59 Å². The van der Waals surface area contributed by atoms with Crippen LogP contribution in [0.5, 0.6) is 0 Å². The molecule has 0 aromatic carbocycles. The van der Waals surface area contributed by atoms with Gasteiger partial charge in [0.1, 0.15) is 12.1 Å². The molecule has 0 unspecified atom stereocenters. The van der Waals surface area contributed by atoms with E-state index in [0.717, 1.165) is 12.8 Å². The molecule has 14 heavy (non-hydrogen) atoms. The Morgan fingerprint density at radius 3 is 2.29 bits per heavy atom. The van der Waals surface area contributed by atoms with Crippen molar-refractivity contribution in [1.29, 1.82) is 0 Å². The maximum atomic E-state index is 12.0. The van der Waals surface area contributed by atoms with Crippen LogP contribution < -0.4 is 5.32 Å². The Morgan fingerprint density at radius 2 is 1.79 bits per heavy atom. The van der Waals surface area contributed by atoms with Gasteiger partial charge in [-0.15, -0.1) is 0 Å². The van der Waals surface area contributed by atoms with E-state index in [0.29, 0.717) is 0 Å². The third-order valence-corrected chi connectivity index (χ3v) is 3.16. The van der Waals surface area contributed by atoms with Crippen LogP contribution in [-0.2, 0) is 9.59 Å². The molecule has 4 heteroatoms. The number of carbonyl (C=O) groups is 2. The molecule has 1 saturated carbocycles. The molecule has 1 aliphatic heterocycles. The van der Waals surface area contributed by atoms with Crippen molar-refractivity contribution in [3.05, 3.63) is 0 Å². The molecule has 1 aliphatic carbocycles. The molecule has 0 atom stereocenters. The molecule has 0 bridgehead atoms. The van der Waals surface area contributed by atoms with E-state index in [1.165, 1.54) is 0 Å². The molecule has 0 radical (unpaired) electrons. The first-order valence-electron chi connectivity index (χ1n) is 4.98. The van der Waals surface area contributed by atoms with E-state index in [9.17, 15) is 9.59 Å². The third-order valence-electron chi connectivity index (χ3n) is 3.16. The van der Waals surface area contributed by atoms with Crippen LogP contribution in [0.3, 0.4) is 0 Å². The molecule has 2 amide bonds. The summed E-state index contributed by atoms with van der Waals surface area (Å²) in [5, 5.41) is 2.71. The number of nitrogens with zero attached hydrogens (tertiary/aromatic N) is 1. The number of piperazine rings is 1. The minimum atomic E-state index is -0.735. The predicted octanol–water partition coefficient (Wildman–Crippen LogP) is 0.276. The van der Waals surface area contributed by atoms with E-state index in [1.54, 1.807) is 18.7 Å². The lowest BCUT2D eigenvalue weighted by atomic mass is 9.98. The van der Waals surface area contributed by atoms with Gasteiger partial charge in [-0.2, -0.15) is 0 Å². The van der Waals surface area contributed by atoms with Crippen molar-refractivity contribution in [2.45, 2.75) is 44.7 Å². The second-order valence-electron chi connectivity index (χ2n) is 5.06. The summed E-state index contributed by atoms with van der Waals surface area (Å²) in [5.74, 6) is -0.0141. The summed E-state index contributed by atoms with van der Waals surface area (Å²) in [4.78, 5) is 25.1. The van der Waals surface area contributed by atoms with E-state index < -0.39 is 5.54 Å². The fraction of sp³-hybridized carbons (Fsp3) is 0.800. The molecule has 4 nitrogen and oxygen atoms in total. The van der Waals surface area contributed by atoms with Crippen molar-refractivity contribution in [2.75, 3.05) is 6.54 Å². The van der Waals surface area contributed by atoms with Crippen LogP contribution in [0, 0.1) is 0 Å². The Morgan fingerprint density at radius 1 is 1.21 bits per heavy atom. The molecule has 1 saturated heterocycles. The average molecular weight is 196 g/mol. The van der Waals surface area contributed by atoms with Crippen LogP contribution in [0.25, 0.3) is 0 Å². The largest absolute Gasteiger partial charge is 0.341 e. The summed E-state index contributed by atoms with van der Waals surface area (Å²) in [6.45, 7) is 5.77. The second-order valence-corrected chi connectivity index (χ2v) is 5.06. The Hall–Kier alpha value is -1.06. The molecule has 0 spiro atoms. The minimum Gasteiger partial charge on any atom is -0.341 e. The Labute approximate surface area is 83.6 Å². The summed E-state index contributed by atoms with van der Waals surface area (Å²) >= 11 is 0. The summed E-state index contributed by atoms with van der Waals surface area (Å²) in [6, 6.07) is 0. The Bertz CT molecular complexity index is 305. The normalized spacial score (nSPS) is 28.6. The van der Waals surface area contributed by atoms with E-state index in [4.69, 9.17) is 0 Å². The first-order chi connectivity index (χ1) is 6.35. The van der Waals surface area contributed by atoms with Gasteiger partial charge in [0.25, 0.3) is 0 Å². The highest BCUT2D eigenvalue weighted by atomic mass is 16.2. The first-order valence-corrected chi connectivity index (χ1v) is 4.98. The fourth-order valence-electron chi connectivity index (χ4n) is 1.88. The van der Waals surface area contributed by atoms with Gasteiger partial charge < -0.3 is 10.2 Å². The van der Waals surface area contributed by atoms with Crippen LogP contribution >= 0.6 is 0 Å². The van der Waals surface area contributed by atoms with Crippen molar-refractivity contribution in [3.63, 3.8) is 0 Å². The summed E-state index contributed by atoms with van der Waals surface area (Å²) in [7, 11) is 0. The van der Waals surface area contributed by atoms with Crippen molar-refractivity contribution in [3.8, 4) is 0 Å². The smallest absolute Gasteiger partial charge is 0.248 e. The van der Waals surface area contributed by atoms with Crippen LogP contribution in [0.2, 0.25) is 0 Å². The summed E-state index contributed by atoms with van der Waals surface area (Å²) in [5.41, 5.74) is -0.785. The van der Waals surface area contributed by atoms with Gasteiger partial charge in [0.15, 0.2) is 0 Å². The van der Waals surface area contributed by atoms with Crippen LogP contribution in [-0.4, -0.2) is 34.3 Å². The standard InChI is InChI=1S/C10H16N2O2/c1-9(2)8(14)12(6-7(13)11-9)10(3)4-5-10/h4-6H2,1-3H3,(H,11,13). The van der Waals surface area contributed by atoms with Gasteiger partial charge in [-0.1, -0.05) is 0 Å². The monoisotopic (exact) mass is 196 g/mol. The number of hydrogen-bond donors (Lipinski definition) is 1. The van der Waals surface area contributed by atoms with Crippen LogP contribution in [0.15, 0.2) is 0 Å². The zero-order valence-corrected chi connectivity index (χ0v) is 8.89. The van der Waals surface area contributed by atoms with Crippen molar-refractivity contribution in [1.82, 2.24) is 10.2 Å². The highest BCUT2D eigenvalue weighted by Gasteiger charge is 2.52. The highest BCUT2D eigenvalue weighted by Crippen LogP contribution is 2.42. The lowest BCUT2D eigenvalue weighted by Gasteiger charge is -2.40. The number of amides is 2. The molecule has 0 aromatic heterocycles. The average Bonchev–Trinajstić information content (AvgIpc) is 2.76. The number of rotatable bonds is 1. The SMILES string of the molecule is CC1(C)NC(=O)CN(C2(C)CC2)C1=O. The topological polar surface area (TPSA) is 49.4 Å². The lowest BCUT2D eigenvalue weighted by Crippen LogP contribution is -2.66. The molecular weight excluding hydrogens is 180 g/mol. The third kappa shape index (κ3) is 1.29. The van der Waals surface area contributed by atoms with Gasteiger partial charge in [0, 0.05) is 5.54 Å². The fourth-order valence-corrected chi connectivity index (χ4v) is 1.88. The van der Waals surface area contributed by atoms with Gasteiger partial charge in [0.05, 0.1) is 0 Å². The first kappa shape index (κ1) is 9.49. The summed E-state index contributed by atoms with van der Waals surface area (Å²) in [6.07, 6.45) is 2.03. The van der Waals surface area contributed by atoms with E-state index in [2.05, 4.69) is 5.32 Å². The van der Waals surface area contributed by atoms with Gasteiger partial charge in [-0.05, 0) is 33.6 Å². The predicted molar refractivity (Wildman–Crippen MR) is 51.6 cm³/mol. The molecule has 78 valence electrons. The van der Waals surface area contributed by atoms with Gasteiger partial charge in [-0.3, -0.25) is 9.59 Å². The second kappa shape index (κ2) is 2.49. The maximum absolute atomic E-state index is 12.0. The Balaban J connectivity index is 2.25. The quantitative estimate of drug-likeness (QED) is 0.654. The Kier molecular flexibility index (Phi) is 1.69. The zero-order valence-electron chi connectivity index (χ0n) is 8.89. The maximum Gasteiger partial charge on any atom is 0.248 e. The van der Waals surface area contributed by atoms with E-state index >= 15 is 0 Å². The molecule has 0 aromatic rings. The number of carbonyl (C=O) groups excluding carboxylic acids is 2. The van der Waals surface area contributed by atoms with Crippen molar-refractivity contribution >= 4 is 11.8 Å². The molecular formula is C10H16N2O2. The van der Waals surface area contributed by atoms with Gasteiger partial charge in [-0.25, -0.2) is 0 Å². The van der Waals surface area contributed by atoms with E-state index in [1.807, 2.05) is 6.92 Å². The minimum absolute atomic E-state index is 0.0390. The zero-order chi connectivity index (χ0) is 10.6. The van der Waals surface area contributed by atoms with Gasteiger partial charge >= 0.3 is 0 Å². The van der Waals surface area contributed by atoms with Crippen LogP contribution in [0.1, 0.15) is 33.6 Å². The lowest BCUT2D eigenvalue weighted by molar-refractivity contribution is -0.151. The molecule has 1 heterocycles. The molecule has 2 rings (SSSR count). The number of hydrogen-bond acceptors (Lipinski definition) is 2.